The zero-order valence-electron chi connectivity index (χ0n) is 12.4. The lowest BCUT2D eigenvalue weighted by Crippen LogP contribution is -2.36. The molecular weight excluding hydrogens is 290 g/mol. The Kier molecular flexibility index (Phi) is 5.96. The molecule has 0 atom stereocenters. The van der Waals surface area contributed by atoms with Gasteiger partial charge in [-0.25, -0.2) is 4.98 Å². The first kappa shape index (κ1) is 16.2. The molecule has 1 aromatic heterocycles. The highest BCUT2D eigenvalue weighted by atomic mass is 35.5. The number of rotatable bonds is 4. The summed E-state index contributed by atoms with van der Waals surface area (Å²) in [5.74, 6) is 0.0137. The summed E-state index contributed by atoms with van der Waals surface area (Å²) in [5.41, 5.74) is 1.45. The number of β-amino-alcohol motifs (C(OH)–C–C–N with tert-alkyl or cyclic N) is 1. The van der Waals surface area contributed by atoms with Crippen molar-refractivity contribution < 1.29 is 9.90 Å². The highest BCUT2D eigenvalue weighted by molar-refractivity contribution is 6.29. The second kappa shape index (κ2) is 7.73. The van der Waals surface area contributed by atoms with Gasteiger partial charge in [-0.05, 0) is 31.5 Å². The first-order valence-electron chi connectivity index (χ1n) is 7.43. The van der Waals surface area contributed by atoms with Gasteiger partial charge in [0.1, 0.15) is 5.15 Å². The van der Waals surface area contributed by atoms with Crippen LogP contribution in [0.4, 0.5) is 0 Å². The van der Waals surface area contributed by atoms with Gasteiger partial charge < -0.3 is 10.0 Å². The summed E-state index contributed by atoms with van der Waals surface area (Å²) in [7, 11) is 0. The number of carbonyl (C=O) groups is 1. The SMILES string of the molecule is CCc1cc(C(=O)N2CCCN(CCO)CC2)cc(Cl)n1. The van der Waals surface area contributed by atoms with E-state index in [1.165, 1.54) is 0 Å². The molecule has 1 aliphatic rings. The van der Waals surface area contributed by atoms with Crippen molar-refractivity contribution in [2.24, 2.45) is 0 Å². The standard InChI is InChI=1S/C15H22ClN3O2/c1-2-13-10-12(11-14(16)17-13)15(21)19-5-3-4-18(6-7-19)8-9-20/h10-11,20H,2-9H2,1H3. The molecular formula is C15H22ClN3O2. The predicted octanol–water partition coefficient (Wildman–Crippen LogP) is 1.44. The van der Waals surface area contributed by atoms with Crippen molar-refractivity contribution in [3.05, 3.63) is 28.5 Å². The summed E-state index contributed by atoms with van der Waals surface area (Å²) < 4.78 is 0. The van der Waals surface area contributed by atoms with Gasteiger partial charge in [0.2, 0.25) is 0 Å². The third-order valence-electron chi connectivity index (χ3n) is 3.75. The number of aryl methyl sites for hydroxylation is 1. The Morgan fingerprint density at radius 2 is 2.14 bits per heavy atom. The highest BCUT2D eigenvalue weighted by Crippen LogP contribution is 2.15. The second-order valence-corrected chi connectivity index (χ2v) is 5.62. The average molecular weight is 312 g/mol. The van der Waals surface area contributed by atoms with Crippen LogP contribution in [0, 0.1) is 0 Å². The number of nitrogens with zero attached hydrogens (tertiary/aromatic N) is 3. The third-order valence-corrected chi connectivity index (χ3v) is 3.94. The molecule has 1 aromatic rings. The van der Waals surface area contributed by atoms with E-state index in [-0.39, 0.29) is 12.5 Å². The summed E-state index contributed by atoms with van der Waals surface area (Å²) in [4.78, 5) is 20.9. The molecule has 0 radical (unpaired) electrons. The van der Waals surface area contributed by atoms with Crippen LogP contribution in [0.1, 0.15) is 29.4 Å². The van der Waals surface area contributed by atoms with E-state index in [1.807, 2.05) is 17.9 Å². The van der Waals surface area contributed by atoms with Crippen LogP contribution in [0.5, 0.6) is 0 Å². The molecule has 5 nitrogen and oxygen atoms in total. The first-order chi connectivity index (χ1) is 10.1. The Morgan fingerprint density at radius 3 is 2.86 bits per heavy atom. The van der Waals surface area contributed by atoms with Gasteiger partial charge in [0.25, 0.3) is 5.91 Å². The fourth-order valence-electron chi connectivity index (χ4n) is 2.58. The summed E-state index contributed by atoms with van der Waals surface area (Å²) in [6.07, 6.45) is 1.68. The number of halogens is 1. The zero-order valence-corrected chi connectivity index (χ0v) is 13.1. The molecule has 0 spiro atoms. The molecule has 1 saturated heterocycles. The second-order valence-electron chi connectivity index (χ2n) is 5.23. The maximum atomic E-state index is 12.6. The number of pyridine rings is 1. The average Bonchev–Trinajstić information content (AvgIpc) is 2.72. The van der Waals surface area contributed by atoms with Crippen LogP contribution in [0.2, 0.25) is 5.15 Å². The lowest BCUT2D eigenvalue weighted by atomic mass is 10.1. The molecule has 2 rings (SSSR count). The first-order valence-corrected chi connectivity index (χ1v) is 7.80. The molecule has 0 aliphatic carbocycles. The number of hydrogen-bond donors (Lipinski definition) is 1. The van der Waals surface area contributed by atoms with Crippen molar-refractivity contribution in [3.8, 4) is 0 Å². The predicted molar refractivity (Wildman–Crippen MR) is 82.7 cm³/mol. The van der Waals surface area contributed by atoms with Crippen molar-refractivity contribution >= 4 is 17.5 Å². The topological polar surface area (TPSA) is 56.7 Å². The van der Waals surface area contributed by atoms with E-state index in [1.54, 1.807) is 6.07 Å². The highest BCUT2D eigenvalue weighted by Gasteiger charge is 2.20. The van der Waals surface area contributed by atoms with Crippen LogP contribution in [0.15, 0.2) is 12.1 Å². The molecule has 6 heteroatoms. The van der Waals surface area contributed by atoms with Gasteiger partial charge in [-0.2, -0.15) is 0 Å². The third kappa shape index (κ3) is 4.40. The molecule has 1 aliphatic heterocycles. The minimum absolute atomic E-state index is 0.0137. The molecule has 0 saturated carbocycles. The van der Waals surface area contributed by atoms with Crippen LogP contribution in [-0.4, -0.2) is 65.1 Å². The molecule has 0 unspecified atom stereocenters. The van der Waals surface area contributed by atoms with Gasteiger partial charge in [0.15, 0.2) is 0 Å². The van der Waals surface area contributed by atoms with Crippen LogP contribution in [0.3, 0.4) is 0 Å². The van der Waals surface area contributed by atoms with Gasteiger partial charge in [0.05, 0.1) is 6.61 Å². The smallest absolute Gasteiger partial charge is 0.254 e. The van der Waals surface area contributed by atoms with E-state index in [9.17, 15) is 4.79 Å². The number of aliphatic hydroxyl groups excluding tert-OH is 1. The van der Waals surface area contributed by atoms with Crippen LogP contribution >= 0.6 is 11.6 Å². The van der Waals surface area contributed by atoms with Crippen LogP contribution in [-0.2, 0) is 6.42 Å². The summed E-state index contributed by atoms with van der Waals surface area (Å²) in [6, 6.07) is 3.46. The van der Waals surface area contributed by atoms with Crippen molar-refractivity contribution in [3.63, 3.8) is 0 Å². The molecule has 0 bridgehead atoms. The molecule has 2 heterocycles. The zero-order chi connectivity index (χ0) is 15.2. The molecule has 1 N–H and O–H groups in total. The van der Waals surface area contributed by atoms with E-state index in [0.29, 0.717) is 23.8 Å². The van der Waals surface area contributed by atoms with Gasteiger partial charge in [0, 0.05) is 37.4 Å². The van der Waals surface area contributed by atoms with E-state index in [0.717, 1.165) is 38.2 Å². The van der Waals surface area contributed by atoms with Gasteiger partial charge in [-0.3, -0.25) is 9.69 Å². The summed E-state index contributed by atoms with van der Waals surface area (Å²) in [6.45, 7) is 5.96. The largest absolute Gasteiger partial charge is 0.395 e. The summed E-state index contributed by atoms with van der Waals surface area (Å²) in [5, 5.41) is 9.38. The monoisotopic (exact) mass is 311 g/mol. The fourth-order valence-corrected chi connectivity index (χ4v) is 2.80. The molecule has 21 heavy (non-hydrogen) atoms. The van der Waals surface area contributed by atoms with Crippen molar-refractivity contribution in [2.75, 3.05) is 39.3 Å². The number of amides is 1. The molecule has 1 amide bonds. The van der Waals surface area contributed by atoms with Gasteiger partial charge >= 0.3 is 0 Å². The number of aromatic nitrogens is 1. The molecule has 0 aromatic carbocycles. The van der Waals surface area contributed by atoms with Crippen LogP contribution < -0.4 is 0 Å². The van der Waals surface area contributed by atoms with E-state index in [4.69, 9.17) is 16.7 Å². The van der Waals surface area contributed by atoms with Crippen molar-refractivity contribution in [1.29, 1.82) is 0 Å². The van der Waals surface area contributed by atoms with Crippen LogP contribution in [0.25, 0.3) is 0 Å². The Bertz CT molecular complexity index is 496. The maximum absolute atomic E-state index is 12.6. The van der Waals surface area contributed by atoms with E-state index < -0.39 is 0 Å². The number of hydrogen-bond acceptors (Lipinski definition) is 4. The van der Waals surface area contributed by atoms with Crippen molar-refractivity contribution in [1.82, 2.24) is 14.8 Å². The van der Waals surface area contributed by atoms with Gasteiger partial charge in [-0.1, -0.05) is 18.5 Å². The van der Waals surface area contributed by atoms with E-state index >= 15 is 0 Å². The lowest BCUT2D eigenvalue weighted by Gasteiger charge is -2.21. The van der Waals surface area contributed by atoms with Gasteiger partial charge in [-0.15, -0.1) is 0 Å². The minimum atomic E-state index is 0.0137. The quantitative estimate of drug-likeness (QED) is 0.855. The Labute approximate surface area is 130 Å². The Balaban J connectivity index is 2.07. The minimum Gasteiger partial charge on any atom is -0.395 e. The molecule has 1 fully saturated rings. The number of carbonyl (C=O) groups excluding carboxylic acids is 1. The number of aliphatic hydroxyl groups is 1. The normalized spacial score (nSPS) is 16.8. The molecule has 116 valence electrons. The fraction of sp³-hybridized carbons (Fsp3) is 0.600. The lowest BCUT2D eigenvalue weighted by molar-refractivity contribution is 0.0760. The summed E-state index contributed by atoms with van der Waals surface area (Å²) >= 11 is 5.99. The van der Waals surface area contributed by atoms with Crippen molar-refractivity contribution in [2.45, 2.75) is 19.8 Å². The maximum Gasteiger partial charge on any atom is 0.254 e. The van der Waals surface area contributed by atoms with E-state index in [2.05, 4.69) is 9.88 Å². The Hall–Kier alpha value is -1.17. The Morgan fingerprint density at radius 1 is 1.33 bits per heavy atom.